The van der Waals surface area contributed by atoms with Crippen molar-refractivity contribution in [2.75, 3.05) is 5.32 Å². The summed E-state index contributed by atoms with van der Waals surface area (Å²) < 4.78 is 5.28. The van der Waals surface area contributed by atoms with E-state index in [-0.39, 0.29) is 6.42 Å². The summed E-state index contributed by atoms with van der Waals surface area (Å²) in [6, 6.07) is 10.9. The highest BCUT2D eigenvalue weighted by Gasteiger charge is 2.27. The molecule has 4 rings (SSSR count). The summed E-state index contributed by atoms with van der Waals surface area (Å²) >= 11 is 0. The van der Waals surface area contributed by atoms with Gasteiger partial charge in [0.15, 0.2) is 0 Å². The van der Waals surface area contributed by atoms with Crippen molar-refractivity contribution in [3.8, 4) is 6.07 Å². The van der Waals surface area contributed by atoms with E-state index < -0.39 is 18.2 Å². The standard InChI is InChI=1S/C23H22N2O4/c24-13-15-9-7-14(8-10-15)11-20(22(26)27)29-23(28)25-21-18-5-1-3-16(18)12-17-4-2-6-19(17)21/h7-10,12,20H,1-6,11H2,(H,25,28)(H,26,27). The molecule has 0 fully saturated rings. The number of hydrogen-bond acceptors (Lipinski definition) is 4. The summed E-state index contributed by atoms with van der Waals surface area (Å²) in [5, 5.41) is 21.2. The van der Waals surface area contributed by atoms with Crippen LogP contribution in [-0.2, 0) is 41.6 Å². The van der Waals surface area contributed by atoms with Gasteiger partial charge in [-0.1, -0.05) is 18.2 Å². The van der Waals surface area contributed by atoms with Crippen LogP contribution in [0, 0.1) is 11.3 Å². The number of carboxylic acid groups (broad SMARTS) is 1. The van der Waals surface area contributed by atoms with Gasteiger partial charge >= 0.3 is 12.1 Å². The summed E-state index contributed by atoms with van der Waals surface area (Å²) in [6.45, 7) is 0. The molecule has 1 atom stereocenters. The Bertz CT molecular complexity index is 973. The minimum atomic E-state index is -1.30. The SMILES string of the molecule is N#Cc1ccc(CC(OC(=O)Nc2c3c(cc4c2CCC4)CCC3)C(=O)O)cc1. The van der Waals surface area contributed by atoms with Gasteiger partial charge in [-0.2, -0.15) is 5.26 Å². The first-order valence-corrected chi connectivity index (χ1v) is 9.91. The van der Waals surface area contributed by atoms with Gasteiger partial charge in [-0.3, -0.25) is 5.32 Å². The van der Waals surface area contributed by atoms with Gasteiger partial charge in [0, 0.05) is 6.42 Å². The molecule has 6 nitrogen and oxygen atoms in total. The molecule has 0 saturated carbocycles. The summed E-state index contributed by atoms with van der Waals surface area (Å²) in [4.78, 5) is 24.2. The normalized spacial score (nSPS) is 15.1. The molecule has 2 aromatic rings. The lowest BCUT2D eigenvalue weighted by molar-refractivity contribution is -0.146. The molecule has 0 bridgehead atoms. The molecule has 1 unspecified atom stereocenters. The summed E-state index contributed by atoms with van der Waals surface area (Å²) in [5.41, 5.74) is 6.92. The van der Waals surface area contributed by atoms with Crippen LogP contribution in [0.3, 0.4) is 0 Å². The number of fused-ring (bicyclic) bond motifs is 2. The Labute approximate surface area is 169 Å². The van der Waals surface area contributed by atoms with Crippen LogP contribution in [0.5, 0.6) is 0 Å². The zero-order valence-corrected chi connectivity index (χ0v) is 16.0. The fraction of sp³-hybridized carbons (Fsp3) is 0.348. The summed E-state index contributed by atoms with van der Waals surface area (Å²) in [6.07, 6.45) is 4.02. The Balaban J connectivity index is 1.50. The Morgan fingerprint density at radius 2 is 1.69 bits per heavy atom. The average Bonchev–Trinajstić information content (AvgIpc) is 3.37. The molecule has 0 spiro atoms. The van der Waals surface area contributed by atoms with Crippen molar-refractivity contribution < 1.29 is 19.4 Å². The molecule has 2 aliphatic carbocycles. The van der Waals surface area contributed by atoms with E-state index in [1.807, 2.05) is 6.07 Å². The number of nitriles is 1. The molecule has 6 heteroatoms. The fourth-order valence-corrected chi connectivity index (χ4v) is 4.34. The second-order valence-corrected chi connectivity index (χ2v) is 7.60. The zero-order chi connectivity index (χ0) is 20.4. The number of anilines is 1. The van der Waals surface area contributed by atoms with Crippen LogP contribution < -0.4 is 5.32 Å². The van der Waals surface area contributed by atoms with Crippen molar-refractivity contribution in [2.24, 2.45) is 0 Å². The van der Waals surface area contributed by atoms with Crippen molar-refractivity contribution in [1.29, 1.82) is 5.26 Å². The van der Waals surface area contributed by atoms with Crippen LogP contribution in [0.1, 0.15) is 46.2 Å². The second-order valence-electron chi connectivity index (χ2n) is 7.60. The van der Waals surface area contributed by atoms with E-state index in [0.29, 0.717) is 11.1 Å². The van der Waals surface area contributed by atoms with E-state index in [2.05, 4.69) is 11.4 Å². The molecule has 148 valence electrons. The number of ether oxygens (including phenoxy) is 1. The number of carbonyl (C=O) groups is 2. The predicted molar refractivity (Wildman–Crippen MR) is 107 cm³/mol. The number of carbonyl (C=O) groups excluding carboxylic acids is 1. The van der Waals surface area contributed by atoms with Gasteiger partial charge in [-0.25, -0.2) is 9.59 Å². The maximum atomic E-state index is 12.6. The van der Waals surface area contributed by atoms with Gasteiger partial charge < -0.3 is 9.84 Å². The van der Waals surface area contributed by atoms with Crippen LogP contribution in [0.25, 0.3) is 0 Å². The van der Waals surface area contributed by atoms with Gasteiger partial charge in [0.1, 0.15) is 0 Å². The highest BCUT2D eigenvalue weighted by atomic mass is 16.6. The first kappa shape index (κ1) is 19.0. The van der Waals surface area contributed by atoms with Crippen LogP contribution in [0.4, 0.5) is 10.5 Å². The molecule has 0 aromatic heterocycles. The average molecular weight is 390 g/mol. The van der Waals surface area contributed by atoms with Gasteiger partial charge in [0.25, 0.3) is 0 Å². The van der Waals surface area contributed by atoms with Crippen molar-refractivity contribution in [2.45, 2.75) is 51.0 Å². The Kier molecular flexibility index (Phi) is 5.22. The minimum Gasteiger partial charge on any atom is -0.478 e. The van der Waals surface area contributed by atoms with Crippen molar-refractivity contribution in [3.05, 3.63) is 63.7 Å². The van der Waals surface area contributed by atoms with Gasteiger partial charge in [0.05, 0.1) is 17.3 Å². The monoisotopic (exact) mass is 390 g/mol. The molecule has 2 aliphatic rings. The summed E-state index contributed by atoms with van der Waals surface area (Å²) in [5.74, 6) is -1.20. The van der Waals surface area contributed by atoms with Gasteiger partial charge in [-0.15, -0.1) is 0 Å². The van der Waals surface area contributed by atoms with Gasteiger partial charge in [-0.05, 0) is 78.5 Å². The largest absolute Gasteiger partial charge is 0.478 e. The number of rotatable bonds is 5. The number of nitrogens with one attached hydrogen (secondary N) is 1. The molecule has 0 aliphatic heterocycles. The molecule has 0 heterocycles. The number of aliphatic carboxylic acids is 1. The second kappa shape index (κ2) is 7.96. The third-order valence-electron chi connectivity index (χ3n) is 5.73. The molecular weight excluding hydrogens is 368 g/mol. The van der Waals surface area contributed by atoms with Crippen LogP contribution >= 0.6 is 0 Å². The quantitative estimate of drug-likeness (QED) is 0.809. The summed E-state index contributed by atoms with van der Waals surface area (Å²) in [7, 11) is 0. The fourth-order valence-electron chi connectivity index (χ4n) is 4.34. The topological polar surface area (TPSA) is 99.4 Å². The third-order valence-corrected chi connectivity index (χ3v) is 5.73. The Morgan fingerprint density at radius 3 is 2.24 bits per heavy atom. The maximum absolute atomic E-state index is 12.6. The zero-order valence-electron chi connectivity index (χ0n) is 16.0. The number of nitrogens with zero attached hydrogens (tertiary/aromatic N) is 1. The lowest BCUT2D eigenvalue weighted by atomic mass is 9.99. The Hall–Kier alpha value is -3.33. The number of carboxylic acids is 1. The molecule has 29 heavy (non-hydrogen) atoms. The number of benzene rings is 2. The molecule has 2 aromatic carbocycles. The van der Waals surface area contributed by atoms with E-state index in [4.69, 9.17) is 10.00 Å². The lowest BCUT2D eigenvalue weighted by Gasteiger charge is -2.18. The molecule has 0 saturated heterocycles. The molecule has 2 N–H and O–H groups in total. The highest BCUT2D eigenvalue weighted by molar-refractivity contribution is 5.90. The van der Waals surface area contributed by atoms with Crippen LogP contribution in [-0.4, -0.2) is 23.3 Å². The molecule has 0 radical (unpaired) electrons. The van der Waals surface area contributed by atoms with Crippen molar-refractivity contribution in [3.63, 3.8) is 0 Å². The van der Waals surface area contributed by atoms with Crippen LogP contribution in [0.2, 0.25) is 0 Å². The first-order valence-electron chi connectivity index (χ1n) is 9.91. The first-order chi connectivity index (χ1) is 14.0. The molecule has 1 amide bonds. The molecular formula is C23H22N2O4. The predicted octanol–water partition coefficient (Wildman–Crippen LogP) is 3.78. The van der Waals surface area contributed by atoms with E-state index in [1.54, 1.807) is 24.3 Å². The number of aryl methyl sites for hydroxylation is 2. The van der Waals surface area contributed by atoms with Gasteiger partial charge in [0.2, 0.25) is 6.10 Å². The minimum absolute atomic E-state index is 0.0411. The smallest absolute Gasteiger partial charge is 0.412 e. The van der Waals surface area contributed by atoms with E-state index in [1.165, 1.54) is 22.3 Å². The van der Waals surface area contributed by atoms with Crippen molar-refractivity contribution in [1.82, 2.24) is 0 Å². The number of amides is 1. The van der Waals surface area contributed by atoms with Crippen molar-refractivity contribution >= 4 is 17.7 Å². The Morgan fingerprint density at radius 1 is 1.07 bits per heavy atom. The van der Waals surface area contributed by atoms with Crippen LogP contribution in [0.15, 0.2) is 30.3 Å². The van der Waals surface area contributed by atoms with E-state index in [0.717, 1.165) is 44.2 Å². The highest BCUT2D eigenvalue weighted by Crippen LogP contribution is 2.38. The lowest BCUT2D eigenvalue weighted by Crippen LogP contribution is -2.31. The number of hydrogen-bond donors (Lipinski definition) is 2. The third kappa shape index (κ3) is 3.95. The van der Waals surface area contributed by atoms with E-state index >= 15 is 0 Å². The van der Waals surface area contributed by atoms with E-state index in [9.17, 15) is 14.7 Å². The maximum Gasteiger partial charge on any atom is 0.412 e.